The summed E-state index contributed by atoms with van der Waals surface area (Å²) in [5.41, 5.74) is 0.472. The third-order valence-corrected chi connectivity index (χ3v) is 5.73. The topological polar surface area (TPSA) is 87.3 Å². The molecule has 1 saturated heterocycles. The lowest BCUT2D eigenvalue weighted by Gasteiger charge is -2.22. The number of piperidine rings is 1. The van der Waals surface area contributed by atoms with Gasteiger partial charge >= 0.3 is 0 Å². The number of halogens is 1. The van der Waals surface area contributed by atoms with Crippen LogP contribution in [0.15, 0.2) is 29.2 Å². The summed E-state index contributed by atoms with van der Waals surface area (Å²) in [7, 11) is -3.52. The third-order valence-electron chi connectivity index (χ3n) is 4.05. The monoisotopic (exact) mass is 389 g/mol. The van der Waals surface area contributed by atoms with E-state index in [-0.39, 0.29) is 29.3 Å². The molecule has 1 unspecified atom stereocenters. The van der Waals surface area contributed by atoms with Gasteiger partial charge in [0, 0.05) is 18.2 Å². The van der Waals surface area contributed by atoms with Gasteiger partial charge in [0.25, 0.3) is 5.91 Å². The average molecular weight is 390 g/mol. The van der Waals surface area contributed by atoms with Crippen LogP contribution in [0.3, 0.4) is 0 Å². The first-order valence-corrected chi connectivity index (χ1v) is 9.98. The van der Waals surface area contributed by atoms with Crippen molar-refractivity contribution in [1.82, 2.24) is 15.4 Å². The summed E-state index contributed by atoms with van der Waals surface area (Å²) < 4.78 is 26.6. The Hall–Kier alpha value is -1.15. The number of hydrogen-bond donors (Lipinski definition) is 3. The summed E-state index contributed by atoms with van der Waals surface area (Å²) in [5, 5.41) is 6.27. The number of sulfonamides is 1. The zero-order valence-corrected chi connectivity index (χ0v) is 16.4. The van der Waals surface area contributed by atoms with Gasteiger partial charge in [0.15, 0.2) is 0 Å². The van der Waals surface area contributed by atoms with Gasteiger partial charge in [0.1, 0.15) is 0 Å². The maximum Gasteiger partial charge on any atom is 0.251 e. The zero-order chi connectivity index (χ0) is 17.6. The van der Waals surface area contributed by atoms with E-state index in [0.29, 0.717) is 18.0 Å². The largest absolute Gasteiger partial charge is 0.352 e. The van der Waals surface area contributed by atoms with E-state index in [4.69, 9.17) is 0 Å². The molecule has 0 bridgehead atoms. The van der Waals surface area contributed by atoms with Gasteiger partial charge in [-0.25, -0.2) is 13.1 Å². The number of hydrogen-bond acceptors (Lipinski definition) is 4. The molecular weight excluding hydrogens is 362 g/mol. The van der Waals surface area contributed by atoms with Crippen molar-refractivity contribution in [1.29, 1.82) is 0 Å². The highest BCUT2D eigenvalue weighted by molar-refractivity contribution is 7.89. The van der Waals surface area contributed by atoms with Gasteiger partial charge in [-0.05, 0) is 76.4 Å². The molecule has 0 spiro atoms. The van der Waals surface area contributed by atoms with Crippen molar-refractivity contribution in [3.63, 3.8) is 0 Å². The van der Waals surface area contributed by atoms with Crippen LogP contribution in [-0.2, 0) is 10.0 Å². The maximum absolute atomic E-state index is 12.1. The molecule has 25 heavy (non-hydrogen) atoms. The second-order valence-corrected chi connectivity index (χ2v) is 8.27. The van der Waals surface area contributed by atoms with Gasteiger partial charge in [0.05, 0.1) is 4.90 Å². The highest BCUT2D eigenvalue weighted by atomic mass is 35.5. The van der Waals surface area contributed by atoms with Crippen LogP contribution in [0.5, 0.6) is 0 Å². The minimum absolute atomic E-state index is 0. The predicted octanol–water partition coefficient (Wildman–Crippen LogP) is 1.91. The Morgan fingerprint density at radius 3 is 2.52 bits per heavy atom. The van der Waals surface area contributed by atoms with Crippen molar-refractivity contribution >= 4 is 28.3 Å². The molecule has 8 heteroatoms. The fourth-order valence-electron chi connectivity index (χ4n) is 2.83. The van der Waals surface area contributed by atoms with Crippen LogP contribution >= 0.6 is 12.4 Å². The second-order valence-electron chi connectivity index (χ2n) is 6.56. The summed E-state index contributed by atoms with van der Waals surface area (Å²) >= 11 is 0. The van der Waals surface area contributed by atoms with Crippen molar-refractivity contribution in [2.45, 2.75) is 44.0 Å². The summed E-state index contributed by atoms with van der Waals surface area (Å²) in [6.45, 7) is 6.28. The minimum Gasteiger partial charge on any atom is -0.352 e. The summed E-state index contributed by atoms with van der Waals surface area (Å²) in [5.74, 6) is 0.452. The molecule has 1 atom stereocenters. The number of carbonyl (C=O) groups is 1. The van der Waals surface area contributed by atoms with E-state index in [1.54, 1.807) is 26.0 Å². The first-order chi connectivity index (χ1) is 11.4. The van der Waals surface area contributed by atoms with Gasteiger partial charge in [0.2, 0.25) is 10.0 Å². The van der Waals surface area contributed by atoms with Gasteiger partial charge in [-0.2, -0.15) is 0 Å². The first-order valence-electron chi connectivity index (χ1n) is 8.50. The Balaban J connectivity index is 0.00000312. The fraction of sp³-hybridized carbons (Fsp3) is 0.588. The second kappa shape index (κ2) is 10.1. The molecule has 0 aliphatic carbocycles. The zero-order valence-electron chi connectivity index (χ0n) is 14.7. The van der Waals surface area contributed by atoms with E-state index in [0.717, 1.165) is 19.5 Å². The van der Waals surface area contributed by atoms with E-state index in [9.17, 15) is 13.2 Å². The molecule has 142 valence electrons. The molecule has 2 rings (SSSR count). The van der Waals surface area contributed by atoms with Gasteiger partial charge in [-0.1, -0.05) is 0 Å². The molecule has 1 aliphatic rings. The molecule has 1 aromatic rings. The molecule has 1 heterocycles. The number of nitrogens with one attached hydrogen (secondary N) is 3. The molecule has 1 fully saturated rings. The Labute approximate surface area is 156 Å². The number of carbonyl (C=O) groups excluding carboxylic acids is 1. The van der Waals surface area contributed by atoms with Crippen molar-refractivity contribution in [2.75, 3.05) is 19.6 Å². The average Bonchev–Trinajstić information content (AvgIpc) is 2.55. The molecular formula is C17H28ClN3O3S. The highest BCUT2D eigenvalue weighted by Gasteiger charge is 2.16. The molecule has 6 nitrogen and oxygen atoms in total. The van der Waals surface area contributed by atoms with Crippen LogP contribution in [-0.4, -0.2) is 40.0 Å². The lowest BCUT2D eigenvalue weighted by atomic mass is 9.96. The standard InChI is InChI=1S/C17H27N3O3S.ClH/c1-13(2)20-24(22,23)16-7-5-15(6-8-16)17(21)19-11-9-14-4-3-10-18-12-14;/h5-8,13-14,18,20H,3-4,9-12H2,1-2H3,(H,19,21);1H. The number of benzene rings is 1. The molecule has 0 radical (unpaired) electrons. The normalized spacial score (nSPS) is 17.8. The minimum atomic E-state index is -3.52. The van der Waals surface area contributed by atoms with Crippen molar-refractivity contribution in [3.8, 4) is 0 Å². The Morgan fingerprint density at radius 1 is 1.28 bits per heavy atom. The van der Waals surface area contributed by atoms with E-state index in [1.807, 2.05) is 0 Å². The SMILES string of the molecule is CC(C)NS(=O)(=O)c1ccc(C(=O)NCCC2CCCNC2)cc1.Cl. The van der Waals surface area contributed by atoms with Crippen molar-refractivity contribution in [2.24, 2.45) is 5.92 Å². The number of rotatable bonds is 7. The Kier molecular flexibility index (Phi) is 8.85. The van der Waals surface area contributed by atoms with Crippen LogP contribution in [0.25, 0.3) is 0 Å². The Morgan fingerprint density at radius 2 is 1.96 bits per heavy atom. The molecule has 0 aromatic heterocycles. The lowest BCUT2D eigenvalue weighted by molar-refractivity contribution is 0.0950. The lowest BCUT2D eigenvalue weighted by Crippen LogP contribution is -2.33. The van der Waals surface area contributed by atoms with Gasteiger partial charge in [-0.3, -0.25) is 4.79 Å². The van der Waals surface area contributed by atoms with Crippen LogP contribution in [0.4, 0.5) is 0 Å². The van der Waals surface area contributed by atoms with Crippen LogP contribution < -0.4 is 15.4 Å². The van der Waals surface area contributed by atoms with Crippen LogP contribution in [0.2, 0.25) is 0 Å². The number of amides is 1. The van der Waals surface area contributed by atoms with Crippen LogP contribution in [0.1, 0.15) is 43.5 Å². The summed E-state index contributed by atoms with van der Waals surface area (Å²) in [6.07, 6.45) is 3.36. The quantitative estimate of drug-likeness (QED) is 0.664. The van der Waals surface area contributed by atoms with Crippen LogP contribution in [0, 0.1) is 5.92 Å². The van der Waals surface area contributed by atoms with Gasteiger partial charge < -0.3 is 10.6 Å². The maximum atomic E-state index is 12.1. The van der Waals surface area contributed by atoms with E-state index in [1.165, 1.54) is 25.0 Å². The van der Waals surface area contributed by atoms with E-state index < -0.39 is 10.0 Å². The Bertz CT molecular complexity index is 642. The highest BCUT2D eigenvalue weighted by Crippen LogP contribution is 2.14. The smallest absolute Gasteiger partial charge is 0.251 e. The van der Waals surface area contributed by atoms with Gasteiger partial charge in [-0.15, -0.1) is 12.4 Å². The molecule has 0 saturated carbocycles. The van der Waals surface area contributed by atoms with Crippen molar-refractivity contribution < 1.29 is 13.2 Å². The fourth-order valence-corrected chi connectivity index (χ4v) is 4.08. The molecule has 1 aliphatic heterocycles. The molecule has 3 N–H and O–H groups in total. The predicted molar refractivity (Wildman–Crippen MR) is 102 cm³/mol. The van der Waals surface area contributed by atoms with E-state index in [2.05, 4.69) is 15.4 Å². The molecule has 1 amide bonds. The van der Waals surface area contributed by atoms with Crippen molar-refractivity contribution in [3.05, 3.63) is 29.8 Å². The summed E-state index contributed by atoms with van der Waals surface area (Å²) in [6, 6.07) is 5.85. The summed E-state index contributed by atoms with van der Waals surface area (Å²) in [4.78, 5) is 12.3. The molecule has 1 aromatic carbocycles. The van der Waals surface area contributed by atoms with E-state index >= 15 is 0 Å². The first kappa shape index (κ1) is 21.9. The third kappa shape index (κ3) is 6.93.